The highest BCUT2D eigenvalue weighted by molar-refractivity contribution is 7.99. The molecule has 1 heterocycles. The van der Waals surface area contributed by atoms with Gasteiger partial charge in [-0.05, 0) is 39.9 Å². The van der Waals surface area contributed by atoms with Crippen LogP contribution in [0.4, 0.5) is 0 Å². The molecular formula is C12H16ClN5OS. The average molecular weight is 314 g/mol. The van der Waals surface area contributed by atoms with E-state index in [2.05, 4.69) is 20.8 Å². The van der Waals surface area contributed by atoms with Crippen LogP contribution in [-0.4, -0.2) is 40.5 Å². The van der Waals surface area contributed by atoms with E-state index in [1.807, 2.05) is 18.2 Å². The summed E-state index contributed by atoms with van der Waals surface area (Å²) >= 11 is 7.73. The molecule has 0 atom stereocenters. The monoisotopic (exact) mass is 313 g/mol. The zero-order valence-corrected chi connectivity index (χ0v) is 12.9. The summed E-state index contributed by atoms with van der Waals surface area (Å²) in [4.78, 5) is 0.935. The summed E-state index contributed by atoms with van der Waals surface area (Å²) in [5.74, 6) is 0. The van der Waals surface area contributed by atoms with Crippen molar-refractivity contribution in [3.8, 4) is 0 Å². The van der Waals surface area contributed by atoms with Crippen LogP contribution in [0.25, 0.3) is 0 Å². The van der Waals surface area contributed by atoms with Gasteiger partial charge in [-0.25, -0.2) is 4.68 Å². The lowest BCUT2D eigenvalue weighted by Crippen LogP contribution is -2.18. The maximum atomic E-state index is 6.29. The van der Waals surface area contributed by atoms with Crippen molar-refractivity contribution in [2.45, 2.75) is 16.6 Å². The number of halogens is 1. The van der Waals surface area contributed by atoms with Crippen LogP contribution in [-0.2, 0) is 18.3 Å². The topological polar surface area (TPSA) is 64.9 Å². The van der Waals surface area contributed by atoms with Crippen molar-refractivity contribution < 1.29 is 4.74 Å². The van der Waals surface area contributed by atoms with Gasteiger partial charge >= 0.3 is 0 Å². The fourth-order valence-electron chi connectivity index (χ4n) is 1.55. The third-order valence-electron chi connectivity index (χ3n) is 2.59. The van der Waals surface area contributed by atoms with E-state index in [1.54, 1.807) is 18.8 Å². The molecule has 0 aliphatic heterocycles. The van der Waals surface area contributed by atoms with E-state index in [0.717, 1.165) is 23.5 Å². The van der Waals surface area contributed by atoms with E-state index in [4.69, 9.17) is 16.3 Å². The first-order valence-electron chi connectivity index (χ1n) is 6.09. The largest absolute Gasteiger partial charge is 0.383 e. The van der Waals surface area contributed by atoms with E-state index in [-0.39, 0.29) is 0 Å². The molecule has 2 rings (SSSR count). The highest BCUT2D eigenvalue weighted by Gasteiger charge is 2.08. The number of methoxy groups -OCH3 is 1. The fourth-order valence-corrected chi connectivity index (χ4v) is 2.60. The summed E-state index contributed by atoms with van der Waals surface area (Å²) in [5, 5.41) is 16.0. The second-order valence-corrected chi connectivity index (χ2v) is 5.54. The molecule has 0 spiro atoms. The SMILES string of the molecule is COCCNCc1ccc(Sc2nnnn2C)c(Cl)c1. The van der Waals surface area contributed by atoms with E-state index >= 15 is 0 Å². The zero-order valence-electron chi connectivity index (χ0n) is 11.3. The molecule has 0 bridgehead atoms. The molecule has 0 amide bonds. The molecule has 20 heavy (non-hydrogen) atoms. The maximum absolute atomic E-state index is 6.29. The fraction of sp³-hybridized carbons (Fsp3) is 0.417. The highest BCUT2D eigenvalue weighted by Crippen LogP contribution is 2.32. The van der Waals surface area contributed by atoms with Crippen molar-refractivity contribution in [2.75, 3.05) is 20.3 Å². The van der Waals surface area contributed by atoms with Crippen LogP contribution in [0.5, 0.6) is 0 Å². The molecule has 1 N–H and O–H groups in total. The molecular weight excluding hydrogens is 298 g/mol. The number of aryl methyl sites for hydroxylation is 1. The van der Waals surface area contributed by atoms with Crippen LogP contribution in [0.2, 0.25) is 5.02 Å². The summed E-state index contributed by atoms with van der Waals surface area (Å²) in [6.07, 6.45) is 0. The molecule has 0 saturated heterocycles. The minimum Gasteiger partial charge on any atom is -0.383 e. The first kappa shape index (κ1) is 15.2. The lowest BCUT2D eigenvalue weighted by Gasteiger charge is -2.07. The molecule has 0 saturated carbocycles. The maximum Gasteiger partial charge on any atom is 0.213 e. The van der Waals surface area contributed by atoms with E-state index < -0.39 is 0 Å². The third kappa shape index (κ3) is 4.17. The van der Waals surface area contributed by atoms with Gasteiger partial charge < -0.3 is 10.1 Å². The van der Waals surface area contributed by atoms with Crippen molar-refractivity contribution in [3.63, 3.8) is 0 Å². The number of nitrogens with zero attached hydrogens (tertiary/aromatic N) is 4. The number of aromatic nitrogens is 4. The predicted octanol–water partition coefficient (Wildman–Crippen LogP) is 1.75. The van der Waals surface area contributed by atoms with Crippen molar-refractivity contribution in [3.05, 3.63) is 28.8 Å². The molecule has 0 radical (unpaired) electrons. The van der Waals surface area contributed by atoms with Crippen LogP contribution in [0.15, 0.2) is 28.3 Å². The summed E-state index contributed by atoms with van der Waals surface area (Å²) in [6.45, 7) is 2.27. The van der Waals surface area contributed by atoms with Gasteiger partial charge in [0.15, 0.2) is 0 Å². The van der Waals surface area contributed by atoms with Crippen LogP contribution < -0.4 is 5.32 Å². The lowest BCUT2D eigenvalue weighted by molar-refractivity contribution is 0.199. The molecule has 1 aromatic carbocycles. The van der Waals surface area contributed by atoms with Crippen LogP contribution >= 0.6 is 23.4 Å². The van der Waals surface area contributed by atoms with Crippen molar-refractivity contribution in [2.24, 2.45) is 7.05 Å². The highest BCUT2D eigenvalue weighted by atomic mass is 35.5. The first-order chi connectivity index (χ1) is 9.70. The number of tetrazole rings is 1. The second kappa shape index (κ2) is 7.58. The average Bonchev–Trinajstić information content (AvgIpc) is 2.83. The van der Waals surface area contributed by atoms with Crippen molar-refractivity contribution >= 4 is 23.4 Å². The van der Waals surface area contributed by atoms with Crippen LogP contribution in [0.1, 0.15) is 5.56 Å². The number of hydrogen-bond acceptors (Lipinski definition) is 6. The molecule has 108 valence electrons. The lowest BCUT2D eigenvalue weighted by atomic mass is 10.2. The molecule has 8 heteroatoms. The van der Waals surface area contributed by atoms with Crippen LogP contribution in [0, 0.1) is 0 Å². The molecule has 6 nitrogen and oxygen atoms in total. The number of nitrogens with one attached hydrogen (secondary N) is 1. The third-order valence-corrected chi connectivity index (χ3v) is 4.12. The van der Waals surface area contributed by atoms with Gasteiger partial charge in [-0.1, -0.05) is 17.7 Å². The Morgan fingerprint density at radius 1 is 1.45 bits per heavy atom. The van der Waals surface area contributed by atoms with Gasteiger partial charge in [0, 0.05) is 32.1 Å². The summed E-state index contributed by atoms with van der Waals surface area (Å²) in [5.41, 5.74) is 1.13. The molecule has 0 fully saturated rings. The minimum atomic E-state index is 0.695. The standard InChI is InChI=1S/C12H16ClN5OS/c1-18-12(15-16-17-18)20-11-4-3-9(7-10(11)13)8-14-5-6-19-2/h3-4,7,14H,5-6,8H2,1-2H3. The van der Waals surface area contributed by atoms with Gasteiger partial charge in [0.05, 0.1) is 11.6 Å². The molecule has 2 aromatic rings. The summed E-state index contributed by atoms with van der Waals surface area (Å²) in [7, 11) is 3.48. The van der Waals surface area contributed by atoms with Gasteiger partial charge in [-0.15, -0.1) is 5.10 Å². The number of benzene rings is 1. The zero-order chi connectivity index (χ0) is 14.4. The first-order valence-corrected chi connectivity index (χ1v) is 7.28. The summed E-state index contributed by atoms with van der Waals surface area (Å²) in [6, 6.07) is 5.97. The van der Waals surface area contributed by atoms with Gasteiger partial charge in [-0.2, -0.15) is 0 Å². The van der Waals surface area contributed by atoms with Gasteiger partial charge in [0.25, 0.3) is 0 Å². The quantitative estimate of drug-likeness (QED) is 0.786. The van der Waals surface area contributed by atoms with Crippen LogP contribution in [0.3, 0.4) is 0 Å². The van der Waals surface area contributed by atoms with E-state index in [0.29, 0.717) is 16.8 Å². The smallest absolute Gasteiger partial charge is 0.213 e. The Morgan fingerprint density at radius 3 is 2.95 bits per heavy atom. The van der Waals surface area contributed by atoms with Gasteiger partial charge in [-0.3, -0.25) is 0 Å². The minimum absolute atomic E-state index is 0.695. The van der Waals surface area contributed by atoms with Gasteiger partial charge in [0.2, 0.25) is 5.16 Å². The second-order valence-electron chi connectivity index (χ2n) is 4.12. The molecule has 0 unspecified atom stereocenters. The Balaban J connectivity index is 1.97. The van der Waals surface area contributed by atoms with E-state index in [9.17, 15) is 0 Å². The van der Waals surface area contributed by atoms with Gasteiger partial charge in [0.1, 0.15) is 0 Å². The Labute approximate surface area is 126 Å². The predicted molar refractivity (Wildman–Crippen MR) is 78.0 cm³/mol. The Bertz CT molecular complexity index is 563. The normalized spacial score (nSPS) is 10.9. The Morgan fingerprint density at radius 2 is 2.30 bits per heavy atom. The number of rotatable bonds is 7. The molecule has 1 aromatic heterocycles. The Kier molecular flexibility index (Phi) is 5.78. The molecule has 0 aliphatic rings. The molecule has 0 aliphatic carbocycles. The van der Waals surface area contributed by atoms with Crippen molar-refractivity contribution in [1.29, 1.82) is 0 Å². The summed E-state index contributed by atoms with van der Waals surface area (Å²) < 4.78 is 6.59. The number of hydrogen-bond donors (Lipinski definition) is 1. The van der Waals surface area contributed by atoms with Crippen molar-refractivity contribution in [1.82, 2.24) is 25.5 Å². The number of ether oxygens (including phenoxy) is 1. The Hall–Kier alpha value is -1.15. The van der Waals surface area contributed by atoms with E-state index in [1.165, 1.54) is 11.8 Å².